The fraction of sp³-hybridized carbons (Fsp3) is 0.333. The van der Waals surface area contributed by atoms with Crippen molar-refractivity contribution in [2.75, 3.05) is 5.32 Å². The zero-order valence-electron chi connectivity index (χ0n) is 11.8. The number of carboxylic acid groups (broad SMARTS) is 1. The lowest BCUT2D eigenvalue weighted by molar-refractivity contribution is -0.136. The number of aryl methyl sites for hydroxylation is 1. The molecule has 0 aliphatic carbocycles. The summed E-state index contributed by atoms with van der Waals surface area (Å²) in [5.74, 6) is -0.413. The van der Waals surface area contributed by atoms with Crippen molar-refractivity contribution in [1.82, 2.24) is 4.98 Å². The standard InChI is InChI=1S/C15H18N2O2S/c1-9(2)11-6-4-5-7-12(11)17-15-16-10(3)13(20-15)8-14(18)19/h4-7,9H,8H2,1-3H3,(H,16,17)(H,18,19). The third-order valence-corrected chi connectivity index (χ3v) is 4.10. The lowest BCUT2D eigenvalue weighted by atomic mass is 10.0. The number of benzene rings is 1. The molecule has 0 aliphatic heterocycles. The third kappa shape index (κ3) is 3.36. The minimum atomic E-state index is -0.828. The van der Waals surface area contributed by atoms with Crippen molar-refractivity contribution in [3.05, 3.63) is 40.4 Å². The van der Waals surface area contributed by atoms with Gasteiger partial charge in [-0.2, -0.15) is 0 Å². The molecule has 0 bridgehead atoms. The number of rotatable bonds is 5. The molecule has 20 heavy (non-hydrogen) atoms. The van der Waals surface area contributed by atoms with Gasteiger partial charge in [0.25, 0.3) is 0 Å². The average molecular weight is 290 g/mol. The van der Waals surface area contributed by atoms with Crippen molar-refractivity contribution in [2.45, 2.75) is 33.1 Å². The van der Waals surface area contributed by atoms with E-state index >= 15 is 0 Å². The van der Waals surface area contributed by atoms with Crippen LogP contribution in [0.3, 0.4) is 0 Å². The molecular formula is C15H18N2O2S. The van der Waals surface area contributed by atoms with Crippen molar-refractivity contribution in [3.63, 3.8) is 0 Å². The number of hydrogen-bond acceptors (Lipinski definition) is 4. The first-order valence-corrected chi connectivity index (χ1v) is 7.33. The lowest BCUT2D eigenvalue weighted by Crippen LogP contribution is -1.99. The summed E-state index contributed by atoms with van der Waals surface area (Å²) in [6.45, 7) is 6.13. The molecule has 2 aromatic rings. The number of aromatic nitrogens is 1. The molecular weight excluding hydrogens is 272 g/mol. The number of hydrogen-bond donors (Lipinski definition) is 2. The van der Waals surface area contributed by atoms with Crippen LogP contribution in [0, 0.1) is 6.92 Å². The Bertz CT molecular complexity index is 620. The van der Waals surface area contributed by atoms with Crippen LogP contribution >= 0.6 is 11.3 Å². The van der Waals surface area contributed by atoms with Gasteiger partial charge in [-0.25, -0.2) is 4.98 Å². The fourth-order valence-electron chi connectivity index (χ4n) is 2.01. The number of nitrogens with one attached hydrogen (secondary N) is 1. The molecule has 2 N–H and O–H groups in total. The topological polar surface area (TPSA) is 62.2 Å². The van der Waals surface area contributed by atoms with Crippen LogP contribution in [0.1, 0.15) is 35.9 Å². The Morgan fingerprint density at radius 1 is 1.40 bits per heavy atom. The van der Waals surface area contributed by atoms with Crippen LogP contribution in [0.25, 0.3) is 0 Å². The number of carboxylic acids is 1. The Morgan fingerprint density at radius 2 is 2.10 bits per heavy atom. The average Bonchev–Trinajstić information content (AvgIpc) is 2.69. The first-order valence-electron chi connectivity index (χ1n) is 6.51. The second kappa shape index (κ2) is 6.05. The van der Waals surface area contributed by atoms with Crippen molar-refractivity contribution >= 4 is 28.1 Å². The number of nitrogens with zero attached hydrogens (tertiary/aromatic N) is 1. The van der Waals surface area contributed by atoms with E-state index in [1.165, 1.54) is 16.9 Å². The number of carbonyl (C=O) groups is 1. The van der Waals surface area contributed by atoms with Crippen molar-refractivity contribution in [2.24, 2.45) is 0 Å². The normalized spacial score (nSPS) is 10.8. The van der Waals surface area contributed by atoms with E-state index in [-0.39, 0.29) is 6.42 Å². The fourth-order valence-corrected chi connectivity index (χ4v) is 2.98. The van der Waals surface area contributed by atoms with E-state index in [1.807, 2.05) is 25.1 Å². The summed E-state index contributed by atoms with van der Waals surface area (Å²) in [4.78, 5) is 16.0. The highest BCUT2D eigenvalue weighted by molar-refractivity contribution is 7.15. The molecule has 0 radical (unpaired) electrons. The SMILES string of the molecule is Cc1nc(Nc2ccccc2C(C)C)sc1CC(=O)O. The summed E-state index contributed by atoms with van der Waals surface area (Å²) < 4.78 is 0. The Kier molecular flexibility index (Phi) is 4.39. The maximum Gasteiger partial charge on any atom is 0.308 e. The first-order chi connectivity index (χ1) is 9.47. The number of para-hydroxylation sites is 1. The van der Waals surface area contributed by atoms with Crippen LogP contribution in [-0.4, -0.2) is 16.1 Å². The van der Waals surface area contributed by atoms with Crippen LogP contribution in [0.2, 0.25) is 0 Å². The van der Waals surface area contributed by atoms with Crippen molar-refractivity contribution in [3.8, 4) is 0 Å². The molecule has 4 nitrogen and oxygen atoms in total. The molecule has 1 aromatic carbocycles. The van der Waals surface area contributed by atoms with Gasteiger partial charge in [0.2, 0.25) is 0 Å². The summed E-state index contributed by atoms with van der Waals surface area (Å²) in [6, 6.07) is 8.10. The van der Waals surface area contributed by atoms with Crippen LogP contribution in [0.5, 0.6) is 0 Å². The summed E-state index contributed by atoms with van der Waals surface area (Å²) in [5, 5.41) is 12.9. The van der Waals surface area contributed by atoms with E-state index in [0.29, 0.717) is 5.92 Å². The van der Waals surface area contributed by atoms with E-state index in [2.05, 4.69) is 30.2 Å². The molecule has 0 saturated carbocycles. The second-order valence-electron chi connectivity index (χ2n) is 4.97. The first kappa shape index (κ1) is 14.5. The van der Waals surface area contributed by atoms with Gasteiger partial charge >= 0.3 is 5.97 Å². The van der Waals surface area contributed by atoms with Crippen molar-refractivity contribution < 1.29 is 9.90 Å². The maximum absolute atomic E-state index is 10.8. The maximum atomic E-state index is 10.8. The Balaban J connectivity index is 2.25. The summed E-state index contributed by atoms with van der Waals surface area (Å²) in [5.41, 5.74) is 3.03. The molecule has 0 atom stereocenters. The lowest BCUT2D eigenvalue weighted by Gasteiger charge is -2.12. The third-order valence-electron chi connectivity index (χ3n) is 3.03. The highest BCUT2D eigenvalue weighted by Crippen LogP contribution is 2.30. The second-order valence-corrected chi connectivity index (χ2v) is 6.05. The predicted octanol–water partition coefficient (Wildman–Crippen LogP) is 3.95. The minimum absolute atomic E-state index is 0.0248. The summed E-state index contributed by atoms with van der Waals surface area (Å²) in [7, 11) is 0. The van der Waals surface area contributed by atoms with Gasteiger partial charge in [-0.05, 0) is 24.5 Å². The number of aliphatic carboxylic acids is 1. The molecule has 0 fully saturated rings. The molecule has 1 heterocycles. The van der Waals surface area contributed by atoms with E-state index in [4.69, 9.17) is 5.11 Å². The van der Waals surface area contributed by atoms with Crippen LogP contribution in [0.15, 0.2) is 24.3 Å². The Hall–Kier alpha value is -1.88. The smallest absolute Gasteiger partial charge is 0.308 e. The summed E-state index contributed by atoms with van der Waals surface area (Å²) >= 11 is 1.40. The highest BCUT2D eigenvalue weighted by atomic mass is 32.1. The van der Waals surface area contributed by atoms with E-state index in [0.717, 1.165) is 21.4 Å². The van der Waals surface area contributed by atoms with Gasteiger partial charge < -0.3 is 10.4 Å². The molecule has 2 rings (SSSR count). The molecule has 0 saturated heterocycles. The quantitative estimate of drug-likeness (QED) is 0.875. The Morgan fingerprint density at radius 3 is 2.75 bits per heavy atom. The molecule has 1 aromatic heterocycles. The van der Waals surface area contributed by atoms with Crippen LogP contribution in [-0.2, 0) is 11.2 Å². The van der Waals surface area contributed by atoms with Crippen molar-refractivity contribution in [1.29, 1.82) is 0 Å². The van der Waals surface area contributed by atoms with E-state index < -0.39 is 5.97 Å². The molecule has 0 aliphatic rings. The van der Waals surface area contributed by atoms with Crippen LogP contribution in [0.4, 0.5) is 10.8 Å². The van der Waals surface area contributed by atoms with Gasteiger partial charge in [-0.15, -0.1) is 11.3 Å². The number of anilines is 2. The van der Waals surface area contributed by atoms with Gasteiger partial charge in [-0.3, -0.25) is 4.79 Å². The monoisotopic (exact) mass is 290 g/mol. The number of thiazole rings is 1. The molecule has 106 valence electrons. The highest BCUT2D eigenvalue weighted by Gasteiger charge is 2.12. The van der Waals surface area contributed by atoms with Gasteiger partial charge in [-0.1, -0.05) is 32.0 Å². The molecule has 0 amide bonds. The van der Waals surface area contributed by atoms with Crippen LogP contribution < -0.4 is 5.32 Å². The minimum Gasteiger partial charge on any atom is -0.481 e. The van der Waals surface area contributed by atoms with Gasteiger partial charge in [0.1, 0.15) is 0 Å². The predicted molar refractivity (Wildman–Crippen MR) is 82.0 cm³/mol. The zero-order valence-corrected chi connectivity index (χ0v) is 12.6. The van der Waals surface area contributed by atoms with Gasteiger partial charge in [0.05, 0.1) is 12.1 Å². The molecule has 0 unspecified atom stereocenters. The summed E-state index contributed by atoms with van der Waals surface area (Å²) in [6.07, 6.45) is 0.0248. The van der Waals surface area contributed by atoms with E-state index in [1.54, 1.807) is 0 Å². The largest absolute Gasteiger partial charge is 0.481 e. The zero-order chi connectivity index (χ0) is 14.7. The Labute approximate surface area is 122 Å². The van der Waals surface area contributed by atoms with Gasteiger partial charge in [0.15, 0.2) is 5.13 Å². The van der Waals surface area contributed by atoms with E-state index in [9.17, 15) is 4.79 Å². The molecule has 0 spiro atoms. The van der Waals surface area contributed by atoms with Gasteiger partial charge in [0, 0.05) is 10.6 Å². The molecule has 5 heteroatoms.